The number of hydrogen-bond donors (Lipinski definition) is 3. The first-order valence-corrected chi connectivity index (χ1v) is 11.5. The lowest BCUT2D eigenvalue weighted by Gasteiger charge is -2.34. The maximum Gasteiger partial charge on any atom is 0.300 e. The molecule has 11 nitrogen and oxygen atoms in total. The van der Waals surface area contributed by atoms with Crippen LogP contribution in [0.2, 0.25) is 0 Å². The lowest BCUT2D eigenvalue weighted by atomic mass is 10.1. The largest absolute Gasteiger partial charge is 0.481 e. The molecule has 0 spiro atoms. The molecule has 0 aliphatic carbocycles. The molecule has 3 atom stereocenters. The number of carbonyl (C=O) groups is 2. The monoisotopic (exact) mass is 491 g/mol. The number of aryl methyl sites for hydroxylation is 1. The maximum absolute atomic E-state index is 9.19. The van der Waals surface area contributed by atoms with Crippen LogP contribution < -0.4 is 9.47 Å². The van der Waals surface area contributed by atoms with Gasteiger partial charge in [0.15, 0.2) is 11.5 Å². The SMILES string of the molecule is CC(=O)O.CC(=O)O.Cc1cc2c(cc1-c1nccn1[C@@H]1C[C@H]3CO[C@@H](CCO)CN3C1)OCO2. The summed E-state index contributed by atoms with van der Waals surface area (Å²) in [5.41, 5.74) is 2.22. The molecule has 0 unspecified atom stereocenters. The molecule has 0 bridgehead atoms. The zero-order chi connectivity index (χ0) is 25.5. The van der Waals surface area contributed by atoms with E-state index in [1.54, 1.807) is 0 Å². The van der Waals surface area contributed by atoms with E-state index in [-0.39, 0.29) is 19.5 Å². The van der Waals surface area contributed by atoms with E-state index in [2.05, 4.69) is 27.6 Å². The van der Waals surface area contributed by atoms with E-state index >= 15 is 0 Å². The van der Waals surface area contributed by atoms with Gasteiger partial charge in [-0.1, -0.05) is 0 Å². The van der Waals surface area contributed by atoms with Gasteiger partial charge in [0.25, 0.3) is 11.9 Å². The predicted molar refractivity (Wildman–Crippen MR) is 126 cm³/mol. The summed E-state index contributed by atoms with van der Waals surface area (Å²) in [4.78, 5) is 25.2. The van der Waals surface area contributed by atoms with Crippen molar-refractivity contribution >= 4 is 11.9 Å². The normalized spacial score (nSPS) is 22.3. The number of rotatable bonds is 4. The average Bonchev–Trinajstić information content (AvgIpc) is 3.50. The van der Waals surface area contributed by atoms with E-state index < -0.39 is 11.9 Å². The molecule has 1 aromatic heterocycles. The van der Waals surface area contributed by atoms with Crippen LogP contribution in [0.5, 0.6) is 11.5 Å². The number of carboxylic acid groups (broad SMARTS) is 2. The third kappa shape index (κ3) is 6.93. The Morgan fingerprint density at radius 2 is 1.74 bits per heavy atom. The van der Waals surface area contributed by atoms with Crippen LogP contribution in [0.1, 0.15) is 38.3 Å². The molecule has 35 heavy (non-hydrogen) atoms. The van der Waals surface area contributed by atoms with Crippen LogP contribution in [0.4, 0.5) is 0 Å². The van der Waals surface area contributed by atoms with Crippen LogP contribution >= 0.6 is 0 Å². The van der Waals surface area contributed by atoms with E-state index in [1.165, 1.54) is 0 Å². The molecular weight excluding hydrogens is 458 g/mol. The first-order chi connectivity index (χ1) is 16.7. The molecule has 3 N–H and O–H groups in total. The number of morpholine rings is 1. The molecule has 192 valence electrons. The first-order valence-electron chi connectivity index (χ1n) is 11.5. The van der Waals surface area contributed by atoms with Crippen molar-refractivity contribution < 1.29 is 39.1 Å². The minimum atomic E-state index is -0.833. The standard InChI is InChI=1S/C20H25N3O4.2C2H4O2/c1-13-6-18-19(27-12-26-18)8-17(13)20-21-3-4-23(20)14-7-15-11-25-16(2-5-24)10-22(15)9-14;2*1-2(3)4/h3-4,6,8,14-16,24H,2,5,7,9-12H2,1H3;2*1H3,(H,3,4)/t14-,15+,16+;;/m1../s1. The second-order valence-electron chi connectivity index (χ2n) is 8.68. The number of nitrogens with zero attached hydrogens (tertiary/aromatic N) is 3. The highest BCUT2D eigenvalue weighted by Crippen LogP contribution is 2.40. The Morgan fingerprint density at radius 1 is 1.09 bits per heavy atom. The summed E-state index contributed by atoms with van der Waals surface area (Å²) in [6, 6.07) is 4.88. The molecule has 3 aliphatic rings. The molecule has 0 amide bonds. The molecule has 11 heteroatoms. The van der Waals surface area contributed by atoms with Gasteiger partial charge in [-0.25, -0.2) is 4.98 Å². The molecule has 0 saturated carbocycles. The van der Waals surface area contributed by atoms with Gasteiger partial charge in [0.05, 0.1) is 12.7 Å². The second-order valence-corrected chi connectivity index (χ2v) is 8.68. The third-order valence-electron chi connectivity index (χ3n) is 5.94. The summed E-state index contributed by atoms with van der Waals surface area (Å²) in [5, 5.41) is 24.0. The summed E-state index contributed by atoms with van der Waals surface area (Å²) < 4.78 is 19.3. The van der Waals surface area contributed by atoms with Crippen molar-refractivity contribution in [3.8, 4) is 22.9 Å². The van der Waals surface area contributed by atoms with Gasteiger partial charge >= 0.3 is 0 Å². The van der Waals surface area contributed by atoms with Crippen molar-refractivity contribution in [1.82, 2.24) is 14.5 Å². The van der Waals surface area contributed by atoms with Crippen LogP contribution in [-0.2, 0) is 14.3 Å². The van der Waals surface area contributed by atoms with E-state index in [0.717, 1.165) is 68.4 Å². The Hall–Kier alpha value is -3.15. The summed E-state index contributed by atoms with van der Waals surface area (Å²) in [7, 11) is 0. The Morgan fingerprint density at radius 3 is 2.40 bits per heavy atom. The van der Waals surface area contributed by atoms with Crippen molar-refractivity contribution in [2.75, 3.05) is 33.1 Å². The van der Waals surface area contributed by atoms with Crippen LogP contribution in [0.15, 0.2) is 24.5 Å². The van der Waals surface area contributed by atoms with Gasteiger partial charge in [0.2, 0.25) is 6.79 Å². The van der Waals surface area contributed by atoms with Crippen LogP contribution in [-0.4, -0.2) is 87.0 Å². The number of carboxylic acids is 2. The molecule has 4 heterocycles. The predicted octanol–water partition coefficient (Wildman–Crippen LogP) is 2.17. The van der Waals surface area contributed by atoms with Gasteiger partial charge in [-0.3, -0.25) is 14.5 Å². The molecule has 0 radical (unpaired) electrons. The van der Waals surface area contributed by atoms with Crippen molar-refractivity contribution in [2.24, 2.45) is 0 Å². The molecular formula is C24H33N3O8. The highest BCUT2D eigenvalue weighted by atomic mass is 16.7. The number of aliphatic hydroxyl groups excluding tert-OH is 1. The van der Waals surface area contributed by atoms with Crippen molar-refractivity contribution in [3.05, 3.63) is 30.1 Å². The summed E-state index contributed by atoms with van der Waals surface area (Å²) >= 11 is 0. The fourth-order valence-corrected chi connectivity index (χ4v) is 4.54. The van der Waals surface area contributed by atoms with Crippen molar-refractivity contribution in [1.29, 1.82) is 0 Å². The van der Waals surface area contributed by atoms with Crippen LogP contribution in [0.3, 0.4) is 0 Å². The van der Waals surface area contributed by atoms with E-state index in [9.17, 15) is 5.11 Å². The Kier molecular flexibility index (Phi) is 9.07. The van der Waals surface area contributed by atoms with E-state index in [1.807, 2.05) is 18.3 Å². The molecule has 1 aromatic carbocycles. The molecule has 2 saturated heterocycles. The quantitative estimate of drug-likeness (QED) is 0.582. The van der Waals surface area contributed by atoms with Crippen molar-refractivity contribution in [2.45, 2.75) is 51.8 Å². The summed E-state index contributed by atoms with van der Waals surface area (Å²) in [6.07, 6.45) is 5.86. The number of benzene rings is 1. The Balaban J connectivity index is 0.000000376. The molecule has 2 aromatic rings. The fraction of sp³-hybridized carbons (Fsp3) is 0.542. The van der Waals surface area contributed by atoms with Gasteiger partial charge in [-0.2, -0.15) is 0 Å². The van der Waals surface area contributed by atoms with Crippen LogP contribution in [0.25, 0.3) is 11.4 Å². The number of fused-ring (bicyclic) bond motifs is 2. The second kappa shape index (κ2) is 12.0. The minimum absolute atomic E-state index is 0.142. The molecule has 3 aliphatic heterocycles. The average molecular weight is 492 g/mol. The molecule has 2 fully saturated rings. The zero-order valence-electron chi connectivity index (χ0n) is 20.2. The van der Waals surface area contributed by atoms with Gasteiger partial charge in [0, 0.05) is 63.6 Å². The lowest BCUT2D eigenvalue weighted by Crippen LogP contribution is -2.46. The summed E-state index contributed by atoms with van der Waals surface area (Å²) in [6.45, 7) is 7.34. The Labute approximate surface area is 203 Å². The number of aliphatic carboxylic acids is 2. The maximum atomic E-state index is 9.19. The number of aliphatic hydroxyl groups is 1. The lowest BCUT2D eigenvalue weighted by molar-refractivity contribution is -0.135. The number of ether oxygens (including phenoxy) is 3. The first kappa shape index (κ1) is 26.5. The van der Waals surface area contributed by atoms with Crippen molar-refractivity contribution in [3.63, 3.8) is 0 Å². The number of imidazole rings is 1. The zero-order valence-corrected chi connectivity index (χ0v) is 20.2. The van der Waals surface area contributed by atoms with Gasteiger partial charge in [0.1, 0.15) is 5.82 Å². The van der Waals surface area contributed by atoms with Gasteiger partial charge in [-0.15, -0.1) is 0 Å². The van der Waals surface area contributed by atoms with Gasteiger partial charge in [-0.05, 0) is 37.5 Å². The highest BCUT2D eigenvalue weighted by Gasteiger charge is 2.38. The van der Waals surface area contributed by atoms with E-state index in [4.69, 9.17) is 34.0 Å². The Bertz CT molecular complexity index is 1000. The summed E-state index contributed by atoms with van der Waals surface area (Å²) in [5.74, 6) is 0.900. The number of aromatic nitrogens is 2. The smallest absolute Gasteiger partial charge is 0.300 e. The van der Waals surface area contributed by atoms with Crippen LogP contribution in [0, 0.1) is 6.92 Å². The minimum Gasteiger partial charge on any atom is -0.481 e. The topological polar surface area (TPSA) is 144 Å². The highest BCUT2D eigenvalue weighted by molar-refractivity contribution is 5.66. The van der Waals surface area contributed by atoms with Gasteiger partial charge < -0.3 is 34.1 Å². The fourth-order valence-electron chi connectivity index (χ4n) is 4.54. The van der Waals surface area contributed by atoms with E-state index in [0.29, 0.717) is 18.5 Å². The third-order valence-corrected chi connectivity index (χ3v) is 5.94. The molecule has 5 rings (SSSR count). The number of hydrogen-bond acceptors (Lipinski definition) is 8.